The van der Waals surface area contributed by atoms with Gasteiger partial charge in [-0.3, -0.25) is 0 Å². The minimum Gasteiger partial charge on any atom is -0.480 e. The van der Waals surface area contributed by atoms with Gasteiger partial charge in [0.05, 0.1) is 5.01 Å². The molecule has 0 fully saturated rings. The molecule has 1 heterocycles. The lowest BCUT2D eigenvalue weighted by Crippen LogP contribution is -2.46. The van der Waals surface area contributed by atoms with E-state index in [2.05, 4.69) is 15.6 Å². The van der Waals surface area contributed by atoms with Crippen molar-refractivity contribution in [2.45, 2.75) is 25.8 Å². The van der Waals surface area contributed by atoms with Gasteiger partial charge in [-0.25, -0.2) is 14.6 Å². The number of rotatable bonds is 6. The Bertz CT molecular complexity index is 367. The van der Waals surface area contributed by atoms with Crippen LogP contribution in [0.15, 0.2) is 11.6 Å². The van der Waals surface area contributed by atoms with E-state index in [9.17, 15) is 9.59 Å². The predicted molar refractivity (Wildman–Crippen MR) is 64.1 cm³/mol. The summed E-state index contributed by atoms with van der Waals surface area (Å²) in [6, 6.07) is -1.30. The second kappa shape index (κ2) is 6.85. The first-order chi connectivity index (χ1) is 8.13. The number of aromatic nitrogens is 1. The highest BCUT2D eigenvalue weighted by Crippen LogP contribution is 2.03. The zero-order valence-electron chi connectivity index (χ0n) is 9.47. The molecule has 1 aromatic heterocycles. The maximum Gasteiger partial charge on any atom is 0.326 e. The zero-order valence-corrected chi connectivity index (χ0v) is 10.3. The minimum atomic E-state index is -1.03. The van der Waals surface area contributed by atoms with Gasteiger partial charge >= 0.3 is 12.0 Å². The van der Waals surface area contributed by atoms with E-state index in [1.807, 2.05) is 5.38 Å². The summed E-state index contributed by atoms with van der Waals surface area (Å²) in [5.41, 5.74) is 0. The van der Waals surface area contributed by atoms with Gasteiger partial charge in [0.25, 0.3) is 0 Å². The van der Waals surface area contributed by atoms with Gasteiger partial charge in [0, 0.05) is 24.5 Å². The fraction of sp³-hybridized carbons (Fsp3) is 0.500. The van der Waals surface area contributed by atoms with Crippen molar-refractivity contribution >= 4 is 23.3 Å². The van der Waals surface area contributed by atoms with E-state index in [0.717, 1.165) is 5.01 Å². The number of nitrogens with one attached hydrogen (secondary N) is 2. The van der Waals surface area contributed by atoms with E-state index in [1.165, 1.54) is 11.3 Å². The number of nitrogens with zero attached hydrogens (tertiary/aromatic N) is 1. The number of carbonyl (C=O) groups excluding carboxylic acids is 1. The fourth-order valence-corrected chi connectivity index (χ4v) is 1.83. The molecule has 1 aromatic rings. The van der Waals surface area contributed by atoms with E-state index in [0.29, 0.717) is 19.4 Å². The molecule has 3 N–H and O–H groups in total. The minimum absolute atomic E-state index is 0.356. The molecular weight excluding hydrogens is 242 g/mol. The molecule has 17 heavy (non-hydrogen) atoms. The van der Waals surface area contributed by atoms with E-state index in [4.69, 9.17) is 5.11 Å². The van der Waals surface area contributed by atoms with Gasteiger partial charge in [0.1, 0.15) is 6.04 Å². The van der Waals surface area contributed by atoms with Crippen LogP contribution in [0.25, 0.3) is 0 Å². The third-order valence-corrected chi connectivity index (χ3v) is 2.96. The van der Waals surface area contributed by atoms with Crippen molar-refractivity contribution in [1.29, 1.82) is 0 Å². The molecule has 0 aliphatic rings. The SMILES string of the molecule is CCC(NC(=O)NCCc1nccs1)C(=O)O. The Morgan fingerprint density at radius 3 is 2.88 bits per heavy atom. The first-order valence-corrected chi connectivity index (χ1v) is 6.17. The average molecular weight is 257 g/mol. The number of urea groups is 1. The van der Waals surface area contributed by atoms with Crippen LogP contribution in [-0.4, -0.2) is 34.7 Å². The van der Waals surface area contributed by atoms with Crippen LogP contribution in [0, 0.1) is 0 Å². The molecule has 0 aliphatic carbocycles. The lowest BCUT2D eigenvalue weighted by Gasteiger charge is -2.12. The van der Waals surface area contributed by atoms with Gasteiger partial charge in [-0.15, -0.1) is 11.3 Å². The number of carbonyl (C=O) groups is 2. The second-order valence-corrected chi connectivity index (χ2v) is 4.35. The number of hydrogen-bond donors (Lipinski definition) is 3. The van der Waals surface area contributed by atoms with Gasteiger partial charge < -0.3 is 15.7 Å². The third kappa shape index (κ3) is 4.81. The third-order valence-electron chi connectivity index (χ3n) is 2.12. The normalized spacial score (nSPS) is 11.8. The lowest BCUT2D eigenvalue weighted by atomic mass is 10.2. The van der Waals surface area contributed by atoms with E-state index >= 15 is 0 Å². The summed E-state index contributed by atoms with van der Waals surface area (Å²) < 4.78 is 0. The summed E-state index contributed by atoms with van der Waals surface area (Å²) in [4.78, 5) is 26.1. The van der Waals surface area contributed by atoms with Crippen molar-refractivity contribution in [3.05, 3.63) is 16.6 Å². The van der Waals surface area contributed by atoms with Crippen molar-refractivity contribution in [1.82, 2.24) is 15.6 Å². The Balaban J connectivity index is 2.23. The Hall–Kier alpha value is -1.63. The summed E-state index contributed by atoms with van der Waals surface area (Å²) in [6.07, 6.45) is 2.71. The van der Waals surface area contributed by atoms with Crippen molar-refractivity contribution in [3.63, 3.8) is 0 Å². The van der Waals surface area contributed by atoms with E-state index < -0.39 is 18.0 Å². The molecule has 0 saturated carbocycles. The van der Waals surface area contributed by atoms with Gasteiger partial charge in [0.2, 0.25) is 0 Å². The van der Waals surface area contributed by atoms with Crippen molar-refractivity contribution in [2.75, 3.05) is 6.54 Å². The topological polar surface area (TPSA) is 91.3 Å². The number of amides is 2. The Labute approximate surface area is 103 Å². The molecule has 0 saturated heterocycles. The van der Waals surface area contributed by atoms with Crippen molar-refractivity contribution in [2.24, 2.45) is 0 Å². The number of thiazole rings is 1. The number of aliphatic carboxylic acids is 1. The van der Waals surface area contributed by atoms with Crippen LogP contribution in [0.3, 0.4) is 0 Å². The first kappa shape index (κ1) is 13.4. The van der Waals surface area contributed by atoms with Crippen molar-refractivity contribution < 1.29 is 14.7 Å². The molecule has 94 valence electrons. The lowest BCUT2D eigenvalue weighted by molar-refractivity contribution is -0.139. The Morgan fingerprint density at radius 2 is 2.35 bits per heavy atom. The largest absolute Gasteiger partial charge is 0.480 e. The van der Waals surface area contributed by atoms with Crippen molar-refractivity contribution in [3.8, 4) is 0 Å². The summed E-state index contributed by atoms with van der Waals surface area (Å²) in [6.45, 7) is 2.14. The standard InChI is InChI=1S/C10H15N3O3S/c1-2-7(9(14)15)13-10(16)12-4-3-8-11-5-6-17-8/h5-7H,2-4H2,1H3,(H,14,15)(H2,12,13,16). The fourth-order valence-electron chi connectivity index (χ4n) is 1.21. The molecule has 7 heteroatoms. The van der Waals surface area contributed by atoms with Crippen LogP contribution in [0.5, 0.6) is 0 Å². The highest BCUT2D eigenvalue weighted by Gasteiger charge is 2.16. The number of carboxylic acid groups (broad SMARTS) is 1. The molecule has 0 spiro atoms. The molecule has 0 aromatic carbocycles. The zero-order chi connectivity index (χ0) is 12.7. The van der Waals surface area contributed by atoms with Crippen LogP contribution in [0.4, 0.5) is 4.79 Å². The van der Waals surface area contributed by atoms with E-state index in [1.54, 1.807) is 13.1 Å². The smallest absolute Gasteiger partial charge is 0.326 e. The summed E-state index contributed by atoms with van der Waals surface area (Å²) in [5.74, 6) is -1.03. The Kier molecular flexibility index (Phi) is 5.41. The molecule has 0 aliphatic heterocycles. The molecule has 0 radical (unpaired) electrons. The van der Waals surface area contributed by atoms with E-state index in [-0.39, 0.29) is 0 Å². The maximum absolute atomic E-state index is 11.3. The van der Waals surface area contributed by atoms with Crippen LogP contribution in [-0.2, 0) is 11.2 Å². The maximum atomic E-state index is 11.3. The molecule has 1 unspecified atom stereocenters. The molecule has 6 nitrogen and oxygen atoms in total. The van der Waals surface area contributed by atoms with Crippen LogP contribution < -0.4 is 10.6 Å². The Morgan fingerprint density at radius 1 is 1.59 bits per heavy atom. The predicted octanol–water partition coefficient (Wildman–Crippen LogP) is 0.848. The van der Waals surface area contributed by atoms with Gasteiger partial charge in [-0.05, 0) is 6.42 Å². The summed E-state index contributed by atoms with van der Waals surface area (Å²) in [7, 11) is 0. The van der Waals surface area contributed by atoms with Gasteiger partial charge in [-0.1, -0.05) is 6.92 Å². The number of carboxylic acids is 1. The molecular formula is C10H15N3O3S. The molecule has 1 rings (SSSR count). The average Bonchev–Trinajstić information content (AvgIpc) is 2.78. The molecule has 0 bridgehead atoms. The summed E-state index contributed by atoms with van der Waals surface area (Å²) in [5, 5.41) is 16.5. The highest BCUT2D eigenvalue weighted by atomic mass is 32.1. The highest BCUT2D eigenvalue weighted by molar-refractivity contribution is 7.09. The quantitative estimate of drug-likeness (QED) is 0.704. The van der Waals surface area contributed by atoms with Gasteiger partial charge in [-0.2, -0.15) is 0 Å². The number of hydrogen-bond acceptors (Lipinski definition) is 4. The van der Waals surface area contributed by atoms with Gasteiger partial charge in [0.15, 0.2) is 0 Å². The first-order valence-electron chi connectivity index (χ1n) is 5.29. The van der Waals surface area contributed by atoms with Crippen LogP contribution in [0.1, 0.15) is 18.4 Å². The van der Waals surface area contributed by atoms with Crippen LogP contribution in [0.2, 0.25) is 0 Å². The molecule has 2 amide bonds. The molecule has 1 atom stereocenters. The second-order valence-electron chi connectivity index (χ2n) is 3.38. The monoisotopic (exact) mass is 257 g/mol. The summed E-state index contributed by atoms with van der Waals surface area (Å²) >= 11 is 1.52. The van der Waals surface area contributed by atoms with Crippen LogP contribution >= 0.6 is 11.3 Å².